The highest BCUT2D eigenvalue weighted by atomic mass is 32.2. The van der Waals surface area contributed by atoms with E-state index in [2.05, 4.69) is 0 Å². The maximum Gasteiger partial charge on any atom is 0.321 e. The van der Waals surface area contributed by atoms with Crippen molar-refractivity contribution in [3.05, 3.63) is 65.4 Å². The summed E-state index contributed by atoms with van der Waals surface area (Å²) in [7, 11) is -1.35. The van der Waals surface area contributed by atoms with E-state index in [0.29, 0.717) is 32.6 Å². The van der Waals surface area contributed by atoms with Gasteiger partial charge < -0.3 is 10.2 Å². The summed E-state index contributed by atoms with van der Waals surface area (Å²) in [6, 6.07) is 13.8. The number of hydrogen-bond donors (Lipinski definition) is 2. The topological polar surface area (TPSA) is 114 Å². The third-order valence-corrected chi connectivity index (χ3v) is 8.03. The van der Waals surface area contributed by atoms with E-state index in [1.807, 2.05) is 20.8 Å². The molecule has 1 heterocycles. The quantitative estimate of drug-likeness (QED) is 0.563. The lowest BCUT2D eigenvalue weighted by atomic mass is 9.72. The Labute approximate surface area is 193 Å². The molecule has 2 aromatic carbocycles. The molecule has 0 radical (unpaired) electrons. The van der Waals surface area contributed by atoms with Crippen molar-refractivity contribution < 1.29 is 28.8 Å². The van der Waals surface area contributed by atoms with Gasteiger partial charge in [0.05, 0.1) is 16.3 Å². The molecule has 0 amide bonds. The van der Waals surface area contributed by atoms with E-state index in [-0.39, 0.29) is 25.2 Å². The molecule has 3 aromatic rings. The van der Waals surface area contributed by atoms with E-state index in [4.69, 9.17) is 0 Å². The number of carboxylic acids is 2. The number of hydrogen-bond acceptors (Lipinski definition) is 4. The van der Waals surface area contributed by atoms with Crippen molar-refractivity contribution in [2.75, 3.05) is 0 Å². The second-order valence-corrected chi connectivity index (χ2v) is 11.6. The van der Waals surface area contributed by atoms with Gasteiger partial charge >= 0.3 is 11.9 Å². The Bertz CT molecular complexity index is 1300. The summed E-state index contributed by atoms with van der Waals surface area (Å²) in [6.45, 7) is 5.59. The molecule has 1 aliphatic rings. The van der Waals surface area contributed by atoms with Gasteiger partial charge in [0.25, 0.3) is 5.91 Å². The highest BCUT2D eigenvalue weighted by Crippen LogP contribution is 2.42. The molecule has 4 rings (SSSR count). The van der Waals surface area contributed by atoms with Crippen LogP contribution in [0.4, 0.5) is 0 Å². The Morgan fingerprint density at radius 3 is 2.21 bits per heavy atom. The van der Waals surface area contributed by atoms with Gasteiger partial charge in [0, 0.05) is 32.7 Å². The predicted molar refractivity (Wildman–Crippen MR) is 124 cm³/mol. The van der Waals surface area contributed by atoms with Gasteiger partial charge in [-0.1, -0.05) is 24.3 Å². The monoisotopic (exact) mass is 467 g/mol. The summed E-state index contributed by atoms with van der Waals surface area (Å²) in [4.78, 5) is 38.1. The number of benzene rings is 2. The van der Waals surface area contributed by atoms with Crippen LogP contribution in [0.5, 0.6) is 0 Å². The van der Waals surface area contributed by atoms with Gasteiger partial charge in [-0.05, 0) is 63.4 Å². The molecule has 0 fully saturated rings. The minimum absolute atomic E-state index is 0.121. The summed E-state index contributed by atoms with van der Waals surface area (Å²) >= 11 is 0. The molecule has 0 bridgehead atoms. The van der Waals surface area contributed by atoms with Gasteiger partial charge in [-0.25, -0.2) is 0 Å². The number of carbonyl (C=O) groups excluding carboxylic acids is 1. The Hall–Kier alpha value is -3.26. The minimum Gasteiger partial charge on any atom is -0.480 e. The second kappa shape index (κ2) is 7.95. The van der Waals surface area contributed by atoms with Crippen molar-refractivity contribution in [2.24, 2.45) is 5.41 Å². The fraction of sp³-hybridized carbons (Fsp3) is 0.320. The van der Waals surface area contributed by atoms with Crippen molar-refractivity contribution in [1.29, 1.82) is 0 Å². The molecular weight excluding hydrogens is 442 g/mol. The zero-order chi connectivity index (χ0) is 24.1. The Balaban J connectivity index is 1.99. The lowest BCUT2D eigenvalue weighted by molar-refractivity contribution is -0.165. The van der Waals surface area contributed by atoms with Crippen LogP contribution in [0.1, 0.15) is 48.8 Å². The number of aliphatic carboxylic acids is 2. The molecule has 0 saturated carbocycles. The van der Waals surface area contributed by atoms with Crippen LogP contribution in [0.25, 0.3) is 10.9 Å². The van der Waals surface area contributed by atoms with E-state index in [0.717, 1.165) is 0 Å². The number of carboxylic acid groups (broad SMARTS) is 2. The average Bonchev–Trinajstić information content (AvgIpc) is 3.10. The largest absolute Gasteiger partial charge is 0.480 e. The first kappa shape index (κ1) is 22.9. The van der Waals surface area contributed by atoms with Gasteiger partial charge in [0.15, 0.2) is 5.41 Å². The average molecular weight is 468 g/mol. The smallest absolute Gasteiger partial charge is 0.321 e. The minimum atomic E-state index is -1.95. The maximum absolute atomic E-state index is 13.6. The molecule has 1 aromatic heterocycles. The van der Waals surface area contributed by atoms with Gasteiger partial charge in [-0.2, -0.15) is 0 Å². The van der Waals surface area contributed by atoms with E-state index in [1.165, 1.54) is 4.57 Å². The Morgan fingerprint density at radius 1 is 1.00 bits per heavy atom. The zero-order valence-corrected chi connectivity index (χ0v) is 19.4. The molecule has 172 valence electrons. The van der Waals surface area contributed by atoms with E-state index in [1.54, 1.807) is 48.5 Å². The summed E-state index contributed by atoms with van der Waals surface area (Å²) in [5, 5.41) is 20.1. The molecule has 0 saturated heterocycles. The molecule has 0 spiro atoms. The van der Waals surface area contributed by atoms with Gasteiger partial charge in [-0.15, -0.1) is 0 Å². The van der Waals surface area contributed by atoms with Crippen LogP contribution in [0.15, 0.2) is 53.4 Å². The van der Waals surface area contributed by atoms with Crippen molar-refractivity contribution in [2.45, 2.75) is 49.7 Å². The second-order valence-electron chi connectivity index (χ2n) is 9.36. The molecule has 7 nitrogen and oxygen atoms in total. The van der Waals surface area contributed by atoms with Crippen LogP contribution in [0.2, 0.25) is 0 Å². The third-order valence-electron chi connectivity index (χ3n) is 6.23. The molecule has 1 aliphatic carbocycles. The standard InChI is InChI=1S/C25H25NO6S/c1-24(2,3)33(32)16-9-10-17-18-14-25(22(28)29,23(30)31)12-11-19(18)26(20(17)13-16)21(27)15-7-5-4-6-8-15/h4-10,13H,11-12,14H2,1-3H3,(H,28,29)(H,30,31). The fourth-order valence-corrected chi connectivity index (χ4v) is 5.55. The molecule has 8 heteroatoms. The van der Waals surface area contributed by atoms with Crippen LogP contribution in [-0.4, -0.2) is 41.6 Å². The fourth-order valence-electron chi connectivity index (χ4n) is 4.44. The first-order chi connectivity index (χ1) is 15.5. The van der Waals surface area contributed by atoms with Crippen LogP contribution in [-0.2, 0) is 33.2 Å². The first-order valence-electron chi connectivity index (χ1n) is 10.6. The lowest BCUT2D eigenvalue weighted by Gasteiger charge is -2.29. The van der Waals surface area contributed by atoms with Crippen molar-refractivity contribution in [3.63, 3.8) is 0 Å². The Morgan fingerprint density at radius 2 is 1.64 bits per heavy atom. The predicted octanol–water partition coefficient (Wildman–Crippen LogP) is 3.88. The highest BCUT2D eigenvalue weighted by Gasteiger charge is 2.50. The van der Waals surface area contributed by atoms with Gasteiger partial charge in [0.2, 0.25) is 0 Å². The maximum atomic E-state index is 13.6. The SMILES string of the molecule is CC(C)(C)S(=O)c1ccc2c3c(n(C(=O)c4ccccc4)c2c1)CCC(C(=O)O)(C(=O)O)C3. The summed E-state index contributed by atoms with van der Waals surface area (Å²) in [6.07, 6.45) is -0.219. The van der Waals surface area contributed by atoms with Crippen molar-refractivity contribution >= 4 is 39.5 Å². The van der Waals surface area contributed by atoms with Crippen LogP contribution in [0, 0.1) is 5.41 Å². The van der Waals surface area contributed by atoms with Crippen LogP contribution in [0.3, 0.4) is 0 Å². The molecule has 0 aliphatic heterocycles. The molecular formula is C25H25NO6S. The van der Waals surface area contributed by atoms with Crippen molar-refractivity contribution in [1.82, 2.24) is 4.57 Å². The number of rotatable bonds is 4. The van der Waals surface area contributed by atoms with E-state index < -0.39 is 32.9 Å². The zero-order valence-electron chi connectivity index (χ0n) is 18.6. The van der Waals surface area contributed by atoms with Crippen LogP contribution < -0.4 is 0 Å². The normalized spacial score (nSPS) is 16.2. The lowest BCUT2D eigenvalue weighted by Crippen LogP contribution is -2.44. The number of aromatic nitrogens is 1. The Kier molecular flexibility index (Phi) is 5.52. The summed E-state index contributed by atoms with van der Waals surface area (Å²) in [5.41, 5.74) is 0.159. The van der Waals surface area contributed by atoms with Crippen LogP contribution >= 0.6 is 0 Å². The molecule has 1 unspecified atom stereocenters. The summed E-state index contributed by atoms with van der Waals surface area (Å²) in [5.74, 6) is -3.07. The number of carbonyl (C=O) groups is 3. The molecule has 2 N–H and O–H groups in total. The summed E-state index contributed by atoms with van der Waals surface area (Å²) < 4.78 is 14.1. The van der Waals surface area contributed by atoms with E-state index in [9.17, 15) is 28.8 Å². The molecule has 1 atom stereocenters. The van der Waals surface area contributed by atoms with Gasteiger partial charge in [0.1, 0.15) is 0 Å². The van der Waals surface area contributed by atoms with E-state index >= 15 is 0 Å². The molecule has 33 heavy (non-hydrogen) atoms. The number of nitrogens with zero attached hydrogens (tertiary/aromatic N) is 1. The highest BCUT2D eigenvalue weighted by molar-refractivity contribution is 7.86. The first-order valence-corrected chi connectivity index (χ1v) is 11.8. The number of fused-ring (bicyclic) bond motifs is 3. The third kappa shape index (κ3) is 3.68. The van der Waals surface area contributed by atoms with Gasteiger partial charge in [-0.3, -0.25) is 23.2 Å². The van der Waals surface area contributed by atoms with Crippen molar-refractivity contribution in [3.8, 4) is 0 Å².